The average molecular weight is 334 g/mol. The zero-order valence-electron chi connectivity index (χ0n) is 14.3. The fourth-order valence-electron chi connectivity index (χ4n) is 3.00. The van der Waals surface area contributed by atoms with Crippen molar-refractivity contribution in [3.8, 4) is 0 Å². The zero-order valence-corrected chi connectivity index (χ0v) is 15.3. The maximum absolute atomic E-state index is 11.3. The fraction of sp³-hybridized carbons (Fsp3) is 0.929. The molecule has 8 heteroatoms. The number of piperazine rings is 1. The predicted octanol–water partition coefficient (Wildman–Crippen LogP) is 1.05. The third-order valence-electron chi connectivity index (χ3n) is 3.90. The van der Waals surface area contributed by atoms with Crippen LogP contribution in [-0.2, 0) is 13.3 Å². The monoisotopic (exact) mass is 333 g/mol. The molecule has 1 saturated heterocycles. The van der Waals surface area contributed by atoms with Crippen molar-refractivity contribution in [3.63, 3.8) is 0 Å². The van der Waals surface area contributed by atoms with E-state index in [9.17, 15) is 4.79 Å². The van der Waals surface area contributed by atoms with E-state index < -0.39 is 8.80 Å². The third-order valence-corrected chi connectivity index (χ3v) is 7.56. The van der Waals surface area contributed by atoms with E-state index in [1.54, 1.807) is 4.90 Å². The van der Waals surface area contributed by atoms with E-state index in [0.717, 1.165) is 19.5 Å². The van der Waals surface area contributed by atoms with Gasteiger partial charge in [-0.1, -0.05) is 6.92 Å². The van der Waals surface area contributed by atoms with E-state index in [4.69, 9.17) is 19.0 Å². The number of rotatable bonds is 9. The van der Waals surface area contributed by atoms with Crippen LogP contribution in [0.15, 0.2) is 0 Å². The Morgan fingerprint density at radius 1 is 1.00 bits per heavy atom. The molecular formula is C14H31N3O4Si. The van der Waals surface area contributed by atoms with Gasteiger partial charge in [0.1, 0.15) is 0 Å². The summed E-state index contributed by atoms with van der Waals surface area (Å²) in [7, 11) is -2.77. The SMILES string of the molecule is CCO[Si](OCC)(OCC)C(CC)N1CCN(C(N)=O)CC1. The summed E-state index contributed by atoms with van der Waals surface area (Å²) in [5.74, 6) is 0. The molecule has 0 aromatic rings. The molecule has 7 nitrogen and oxygen atoms in total. The van der Waals surface area contributed by atoms with Crippen LogP contribution in [0.3, 0.4) is 0 Å². The van der Waals surface area contributed by atoms with Gasteiger partial charge in [-0.2, -0.15) is 0 Å². The zero-order chi connectivity index (χ0) is 16.6. The molecule has 0 aliphatic carbocycles. The second kappa shape index (κ2) is 9.46. The number of amides is 2. The lowest BCUT2D eigenvalue weighted by molar-refractivity contribution is 0.0244. The van der Waals surface area contributed by atoms with Crippen LogP contribution >= 0.6 is 0 Å². The number of primary amides is 1. The summed E-state index contributed by atoms with van der Waals surface area (Å²) in [6.45, 7) is 12.6. The van der Waals surface area contributed by atoms with E-state index in [2.05, 4.69) is 11.8 Å². The first-order valence-corrected chi connectivity index (χ1v) is 10.0. The minimum atomic E-state index is -2.77. The summed E-state index contributed by atoms with van der Waals surface area (Å²) in [6, 6.07) is -0.351. The number of hydrogen-bond acceptors (Lipinski definition) is 5. The van der Waals surface area contributed by atoms with Crippen LogP contribution in [0.2, 0.25) is 0 Å². The number of hydrogen-bond donors (Lipinski definition) is 1. The van der Waals surface area contributed by atoms with E-state index in [1.165, 1.54) is 0 Å². The van der Waals surface area contributed by atoms with Crippen molar-refractivity contribution in [2.24, 2.45) is 5.73 Å². The summed E-state index contributed by atoms with van der Waals surface area (Å²) in [4.78, 5) is 15.3. The van der Waals surface area contributed by atoms with Gasteiger partial charge in [0.05, 0.1) is 5.67 Å². The molecule has 0 spiro atoms. The minimum absolute atomic E-state index is 0.113. The maximum Gasteiger partial charge on any atom is 0.519 e. The molecule has 1 aliphatic rings. The Bertz CT molecular complexity index is 321. The van der Waals surface area contributed by atoms with Gasteiger partial charge in [-0.05, 0) is 27.2 Å². The molecule has 1 heterocycles. The van der Waals surface area contributed by atoms with E-state index in [0.29, 0.717) is 32.9 Å². The third kappa shape index (κ3) is 4.66. The van der Waals surface area contributed by atoms with Crippen molar-refractivity contribution in [3.05, 3.63) is 0 Å². The van der Waals surface area contributed by atoms with Gasteiger partial charge in [0.15, 0.2) is 0 Å². The first kappa shape index (κ1) is 19.4. The Kier molecular flexibility index (Phi) is 8.33. The topological polar surface area (TPSA) is 77.3 Å². The molecule has 1 atom stereocenters. The molecule has 1 aliphatic heterocycles. The first-order valence-electron chi connectivity index (χ1n) is 8.24. The quantitative estimate of drug-likeness (QED) is 0.638. The summed E-state index contributed by atoms with van der Waals surface area (Å²) < 4.78 is 18.1. The lowest BCUT2D eigenvalue weighted by Crippen LogP contribution is -2.66. The molecule has 22 heavy (non-hydrogen) atoms. The van der Waals surface area contributed by atoms with Crippen LogP contribution in [0, 0.1) is 0 Å². The van der Waals surface area contributed by atoms with Crippen molar-refractivity contribution >= 4 is 14.8 Å². The number of nitrogens with two attached hydrogens (primary N) is 1. The van der Waals surface area contributed by atoms with Crippen LogP contribution < -0.4 is 5.73 Å². The highest BCUT2D eigenvalue weighted by atomic mass is 28.4. The Balaban J connectivity index is 2.86. The molecule has 0 saturated carbocycles. The molecular weight excluding hydrogens is 302 g/mol. The predicted molar refractivity (Wildman–Crippen MR) is 87.4 cm³/mol. The van der Waals surface area contributed by atoms with Gasteiger partial charge in [-0.3, -0.25) is 4.90 Å². The van der Waals surface area contributed by atoms with E-state index >= 15 is 0 Å². The fourth-order valence-corrected chi connectivity index (χ4v) is 6.24. The lowest BCUT2D eigenvalue weighted by Gasteiger charge is -2.44. The van der Waals surface area contributed by atoms with Gasteiger partial charge >= 0.3 is 14.8 Å². The molecule has 130 valence electrons. The summed E-state index contributed by atoms with van der Waals surface area (Å²) in [6.07, 6.45) is 0.892. The average Bonchev–Trinajstić information content (AvgIpc) is 2.49. The molecule has 2 N–H and O–H groups in total. The lowest BCUT2D eigenvalue weighted by atomic mass is 10.3. The molecule has 0 aromatic heterocycles. The van der Waals surface area contributed by atoms with Gasteiger partial charge < -0.3 is 23.9 Å². The van der Waals surface area contributed by atoms with Crippen LogP contribution in [0.5, 0.6) is 0 Å². The van der Waals surface area contributed by atoms with Crippen molar-refractivity contribution in [1.29, 1.82) is 0 Å². The largest absolute Gasteiger partial charge is 0.519 e. The van der Waals surface area contributed by atoms with Crippen LogP contribution in [0.25, 0.3) is 0 Å². The van der Waals surface area contributed by atoms with Gasteiger partial charge in [0.2, 0.25) is 0 Å². The second-order valence-electron chi connectivity index (χ2n) is 5.19. The highest BCUT2D eigenvalue weighted by Gasteiger charge is 2.51. The maximum atomic E-state index is 11.3. The van der Waals surface area contributed by atoms with Crippen LogP contribution in [-0.4, -0.2) is 76.3 Å². The molecule has 1 rings (SSSR count). The summed E-state index contributed by atoms with van der Waals surface area (Å²) in [5.41, 5.74) is 5.47. The Hall–Kier alpha value is -0.673. The standard InChI is InChI=1S/C14H31N3O4Si/c1-5-13(16-9-11-17(12-10-16)14(15)18)22(19-6-2,20-7-3)21-8-4/h13H,5-12H2,1-4H3,(H2,15,18). The minimum Gasteiger partial charge on any atom is -0.373 e. The van der Waals surface area contributed by atoms with E-state index in [1.807, 2.05) is 20.8 Å². The summed E-state index contributed by atoms with van der Waals surface area (Å²) >= 11 is 0. The van der Waals surface area contributed by atoms with Gasteiger partial charge in [-0.15, -0.1) is 0 Å². The van der Waals surface area contributed by atoms with Gasteiger partial charge in [0.25, 0.3) is 0 Å². The Labute approximate surface area is 135 Å². The number of urea groups is 1. The smallest absolute Gasteiger partial charge is 0.373 e. The van der Waals surface area contributed by atoms with Crippen molar-refractivity contribution in [2.75, 3.05) is 46.0 Å². The highest BCUT2D eigenvalue weighted by Crippen LogP contribution is 2.24. The first-order chi connectivity index (χ1) is 10.5. The number of carbonyl (C=O) groups is 1. The molecule has 0 aromatic carbocycles. The number of carbonyl (C=O) groups excluding carboxylic acids is 1. The molecule has 2 amide bonds. The molecule has 0 radical (unpaired) electrons. The molecule has 1 fully saturated rings. The van der Waals surface area contributed by atoms with Crippen LogP contribution in [0.1, 0.15) is 34.1 Å². The Morgan fingerprint density at radius 2 is 1.45 bits per heavy atom. The Morgan fingerprint density at radius 3 is 1.77 bits per heavy atom. The normalized spacial score (nSPS) is 18.5. The van der Waals surface area contributed by atoms with Crippen molar-refractivity contribution < 1.29 is 18.1 Å². The summed E-state index contributed by atoms with van der Waals surface area (Å²) in [5, 5.41) is 0. The number of nitrogens with zero attached hydrogens (tertiary/aromatic N) is 2. The molecule has 0 bridgehead atoms. The molecule has 1 unspecified atom stereocenters. The second-order valence-corrected chi connectivity index (χ2v) is 7.93. The van der Waals surface area contributed by atoms with Gasteiger partial charge in [0, 0.05) is 46.0 Å². The van der Waals surface area contributed by atoms with E-state index in [-0.39, 0.29) is 11.7 Å². The van der Waals surface area contributed by atoms with Crippen LogP contribution in [0.4, 0.5) is 4.79 Å². The van der Waals surface area contributed by atoms with Crippen molar-refractivity contribution in [1.82, 2.24) is 9.80 Å². The van der Waals surface area contributed by atoms with Gasteiger partial charge in [-0.25, -0.2) is 4.79 Å². The highest BCUT2D eigenvalue weighted by molar-refractivity contribution is 6.62. The van der Waals surface area contributed by atoms with Crippen molar-refractivity contribution in [2.45, 2.75) is 39.8 Å².